The molecule has 0 radical (unpaired) electrons. The van der Waals surface area contributed by atoms with Crippen LogP contribution in [0.4, 0.5) is 0 Å². The van der Waals surface area contributed by atoms with Crippen LogP contribution in [0, 0.1) is 5.92 Å². The van der Waals surface area contributed by atoms with Gasteiger partial charge in [-0.3, -0.25) is 0 Å². The van der Waals surface area contributed by atoms with Crippen molar-refractivity contribution in [2.24, 2.45) is 5.92 Å². The summed E-state index contributed by atoms with van der Waals surface area (Å²) in [4.78, 5) is 0. The first-order valence-corrected chi connectivity index (χ1v) is 8.99. The van der Waals surface area contributed by atoms with Crippen LogP contribution >= 0.6 is 0 Å². The van der Waals surface area contributed by atoms with Gasteiger partial charge in [0.1, 0.15) is 5.75 Å². The summed E-state index contributed by atoms with van der Waals surface area (Å²) in [6.45, 7) is 4.39. The van der Waals surface area contributed by atoms with E-state index in [9.17, 15) is 5.11 Å². The van der Waals surface area contributed by atoms with Gasteiger partial charge < -0.3 is 19.3 Å². The zero-order chi connectivity index (χ0) is 18.0. The normalized spacial score (nSPS) is 14.5. The van der Waals surface area contributed by atoms with E-state index in [0.717, 1.165) is 18.4 Å². The summed E-state index contributed by atoms with van der Waals surface area (Å²) >= 11 is 0. The van der Waals surface area contributed by atoms with E-state index in [-0.39, 0.29) is 17.6 Å². The maximum absolute atomic E-state index is 9.53. The minimum Gasteiger partial charge on any atom is -0.508 e. The second-order valence-electron chi connectivity index (χ2n) is 6.41. The highest BCUT2D eigenvalue weighted by Crippen LogP contribution is 2.39. The number of aromatic hydroxyl groups is 1. The molecule has 0 heterocycles. The minimum absolute atomic E-state index is 0.0590. The maximum atomic E-state index is 9.53. The van der Waals surface area contributed by atoms with Gasteiger partial charge in [-0.1, -0.05) is 58.1 Å². The molecule has 0 aliphatic carbocycles. The van der Waals surface area contributed by atoms with Gasteiger partial charge >= 0.3 is 0 Å². The van der Waals surface area contributed by atoms with Gasteiger partial charge in [0, 0.05) is 27.2 Å². The van der Waals surface area contributed by atoms with Gasteiger partial charge in [-0.25, -0.2) is 0 Å². The lowest BCUT2D eigenvalue weighted by molar-refractivity contribution is -0.382. The number of hydrogen-bond acceptors (Lipinski definition) is 4. The van der Waals surface area contributed by atoms with E-state index in [1.54, 1.807) is 33.5 Å². The summed E-state index contributed by atoms with van der Waals surface area (Å²) in [5.74, 6) is -0.541. The van der Waals surface area contributed by atoms with Crippen LogP contribution in [0.5, 0.6) is 5.75 Å². The SMILES string of the molecule is CCCCCCCC(C(C)c1ccc(O)cc1)C(OC)(OC)OC. The molecule has 1 aromatic carbocycles. The lowest BCUT2D eigenvalue weighted by atomic mass is 9.82. The standard InChI is InChI=1S/C20H34O4/c1-6-7-8-9-10-11-19(20(22-3,23-4)24-5)16(2)17-12-14-18(21)15-13-17/h12-16,19,21H,6-11H2,1-5H3. The van der Waals surface area contributed by atoms with Crippen LogP contribution in [0.15, 0.2) is 24.3 Å². The molecular formula is C20H34O4. The van der Waals surface area contributed by atoms with Gasteiger partial charge in [0.05, 0.1) is 0 Å². The monoisotopic (exact) mass is 338 g/mol. The van der Waals surface area contributed by atoms with Crippen molar-refractivity contribution < 1.29 is 19.3 Å². The number of hydrogen-bond donors (Lipinski definition) is 1. The summed E-state index contributed by atoms with van der Waals surface area (Å²) in [6.07, 6.45) is 7.07. The molecule has 0 aliphatic rings. The molecular weight excluding hydrogens is 304 g/mol. The van der Waals surface area contributed by atoms with Crippen LogP contribution < -0.4 is 0 Å². The number of rotatable bonds is 12. The molecule has 24 heavy (non-hydrogen) atoms. The maximum Gasteiger partial charge on any atom is 0.285 e. The number of phenols is 1. The molecule has 2 unspecified atom stereocenters. The molecule has 0 bridgehead atoms. The average Bonchev–Trinajstić information content (AvgIpc) is 2.61. The summed E-state index contributed by atoms with van der Waals surface area (Å²) in [5, 5.41) is 9.53. The molecule has 1 aromatic rings. The fraction of sp³-hybridized carbons (Fsp3) is 0.700. The Morgan fingerprint density at radius 1 is 0.917 bits per heavy atom. The summed E-state index contributed by atoms with van der Waals surface area (Å²) in [6, 6.07) is 7.35. The van der Waals surface area contributed by atoms with Gasteiger partial charge in [0.25, 0.3) is 5.97 Å². The fourth-order valence-corrected chi connectivity index (χ4v) is 3.42. The molecule has 0 aliphatic heterocycles. The van der Waals surface area contributed by atoms with Crippen LogP contribution in [0.25, 0.3) is 0 Å². The molecule has 0 saturated carbocycles. The largest absolute Gasteiger partial charge is 0.508 e. The molecule has 1 N–H and O–H groups in total. The van der Waals surface area contributed by atoms with Gasteiger partial charge in [-0.2, -0.15) is 0 Å². The Hall–Kier alpha value is -1.10. The fourth-order valence-electron chi connectivity index (χ4n) is 3.42. The van der Waals surface area contributed by atoms with E-state index in [1.807, 2.05) is 12.1 Å². The third kappa shape index (κ3) is 5.47. The first-order valence-electron chi connectivity index (χ1n) is 8.99. The predicted octanol–water partition coefficient (Wildman–Crippen LogP) is 5.07. The summed E-state index contributed by atoms with van der Waals surface area (Å²) < 4.78 is 16.9. The van der Waals surface area contributed by atoms with Gasteiger partial charge in [-0.05, 0) is 30.0 Å². The van der Waals surface area contributed by atoms with Crippen molar-refractivity contribution in [3.63, 3.8) is 0 Å². The first-order chi connectivity index (χ1) is 11.5. The topological polar surface area (TPSA) is 47.9 Å². The van der Waals surface area contributed by atoms with Gasteiger partial charge in [-0.15, -0.1) is 0 Å². The van der Waals surface area contributed by atoms with E-state index in [2.05, 4.69) is 13.8 Å². The average molecular weight is 338 g/mol. The molecule has 138 valence electrons. The number of unbranched alkanes of at least 4 members (excludes halogenated alkanes) is 4. The van der Waals surface area contributed by atoms with Crippen molar-refractivity contribution >= 4 is 0 Å². The Morgan fingerprint density at radius 3 is 1.96 bits per heavy atom. The second-order valence-corrected chi connectivity index (χ2v) is 6.41. The van der Waals surface area contributed by atoms with Crippen molar-refractivity contribution in [3.05, 3.63) is 29.8 Å². The highest BCUT2D eigenvalue weighted by Gasteiger charge is 2.43. The van der Waals surface area contributed by atoms with E-state index in [0.29, 0.717) is 0 Å². The molecule has 0 amide bonds. The van der Waals surface area contributed by atoms with E-state index >= 15 is 0 Å². The van der Waals surface area contributed by atoms with Crippen LogP contribution in [-0.4, -0.2) is 32.4 Å². The highest BCUT2D eigenvalue weighted by atomic mass is 16.9. The van der Waals surface area contributed by atoms with Gasteiger partial charge in [0.2, 0.25) is 0 Å². The molecule has 0 saturated heterocycles. The Morgan fingerprint density at radius 2 is 1.46 bits per heavy atom. The third-order valence-electron chi connectivity index (χ3n) is 4.95. The Balaban J connectivity index is 2.92. The second kappa shape index (κ2) is 10.7. The van der Waals surface area contributed by atoms with E-state index in [4.69, 9.17) is 14.2 Å². The predicted molar refractivity (Wildman–Crippen MR) is 97.1 cm³/mol. The van der Waals surface area contributed by atoms with Crippen molar-refractivity contribution in [1.82, 2.24) is 0 Å². The zero-order valence-corrected chi connectivity index (χ0v) is 15.9. The van der Waals surface area contributed by atoms with Crippen molar-refractivity contribution in [2.45, 2.75) is 64.3 Å². The molecule has 4 nitrogen and oxygen atoms in total. The van der Waals surface area contributed by atoms with E-state index in [1.165, 1.54) is 25.7 Å². The first kappa shape index (κ1) is 20.9. The Labute approximate surface area is 147 Å². The van der Waals surface area contributed by atoms with Crippen LogP contribution in [0.1, 0.15) is 63.9 Å². The molecule has 0 spiro atoms. The molecule has 2 atom stereocenters. The quantitative estimate of drug-likeness (QED) is 0.427. The molecule has 4 heteroatoms. The van der Waals surface area contributed by atoms with Crippen molar-refractivity contribution in [2.75, 3.05) is 21.3 Å². The van der Waals surface area contributed by atoms with Crippen molar-refractivity contribution in [3.8, 4) is 5.75 Å². The van der Waals surface area contributed by atoms with Crippen molar-refractivity contribution in [1.29, 1.82) is 0 Å². The summed E-state index contributed by atoms with van der Waals surface area (Å²) in [5.41, 5.74) is 1.14. The summed E-state index contributed by atoms with van der Waals surface area (Å²) in [7, 11) is 4.88. The zero-order valence-electron chi connectivity index (χ0n) is 15.9. The third-order valence-corrected chi connectivity index (χ3v) is 4.95. The molecule has 1 rings (SSSR count). The Bertz CT molecular complexity index is 431. The van der Waals surface area contributed by atoms with Crippen LogP contribution in [-0.2, 0) is 14.2 Å². The minimum atomic E-state index is -1.05. The van der Waals surface area contributed by atoms with E-state index < -0.39 is 5.97 Å². The number of ether oxygens (including phenoxy) is 3. The number of benzene rings is 1. The number of phenolic OH excluding ortho intramolecular Hbond substituents is 1. The molecule has 0 aromatic heterocycles. The lowest BCUT2D eigenvalue weighted by Gasteiger charge is -2.39. The van der Waals surface area contributed by atoms with Crippen LogP contribution in [0.2, 0.25) is 0 Å². The highest BCUT2D eigenvalue weighted by molar-refractivity contribution is 5.28. The smallest absolute Gasteiger partial charge is 0.285 e. The number of methoxy groups -OCH3 is 3. The van der Waals surface area contributed by atoms with Gasteiger partial charge in [0.15, 0.2) is 0 Å². The Kier molecular flexibility index (Phi) is 9.34. The van der Waals surface area contributed by atoms with Crippen LogP contribution in [0.3, 0.4) is 0 Å². The lowest BCUT2D eigenvalue weighted by Crippen LogP contribution is -2.46. The molecule has 0 fully saturated rings.